The second-order valence-electron chi connectivity index (χ2n) is 3.72. The molecule has 0 spiro atoms. The minimum atomic E-state index is -0.577. The van der Waals surface area contributed by atoms with Crippen molar-refractivity contribution in [3.8, 4) is 0 Å². The molecule has 0 aliphatic carbocycles. The van der Waals surface area contributed by atoms with Gasteiger partial charge in [0.15, 0.2) is 0 Å². The monoisotopic (exact) mass is 274 g/mol. The number of hydrogen-bond acceptors (Lipinski definition) is 1. The second-order valence-corrected chi connectivity index (χ2v) is 4.64. The van der Waals surface area contributed by atoms with E-state index in [2.05, 4.69) is 15.9 Å². The number of aliphatic hydroxyl groups is 1. The molecule has 1 N–H and O–H groups in total. The van der Waals surface area contributed by atoms with Crippen LogP contribution < -0.4 is 0 Å². The van der Waals surface area contributed by atoms with Crippen LogP contribution in [0.1, 0.15) is 38.4 Å². The van der Waals surface area contributed by atoms with E-state index >= 15 is 0 Å². The molecule has 0 aliphatic heterocycles. The van der Waals surface area contributed by atoms with E-state index in [9.17, 15) is 9.50 Å². The molecular formula is C12H16BrFO. The molecule has 1 nitrogen and oxygen atoms in total. The largest absolute Gasteiger partial charge is 0.388 e. The fourth-order valence-corrected chi connectivity index (χ4v) is 2.24. The van der Waals surface area contributed by atoms with E-state index in [1.807, 2.05) is 13.8 Å². The van der Waals surface area contributed by atoms with E-state index in [0.717, 1.165) is 12.8 Å². The summed E-state index contributed by atoms with van der Waals surface area (Å²) in [6.07, 6.45) is 1.21. The van der Waals surface area contributed by atoms with Gasteiger partial charge >= 0.3 is 0 Å². The lowest BCUT2D eigenvalue weighted by Crippen LogP contribution is -2.11. The molecule has 0 aromatic heterocycles. The van der Waals surface area contributed by atoms with E-state index in [1.54, 1.807) is 6.07 Å². The number of halogens is 2. The van der Waals surface area contributed by atoms with Crippen LogP contribution in [0.3, 0.4) is 0 Å². The molecule has 0 bridgehead atoms. The Balaban J connectivity index is 2.94. The van der Waals surface area contributed by atoms with Crippen molar-refractivity contribution in [3.05, 3.63) is 34.1 Å². The molecule has 0 saturated heterocycles. The van der Waals surface area contributed by atoms with E-state index in [1.165, 1.54) is 12.1 Å². The van der Waals surface area contributed by atoms with Crippen LogP contribution in [-0.4, -0.2) is 5.11 Å². The normalized spacial score (nSPS) is 13.2. The highest BCUT2D eigenvalue weighted by atomic mass is 79.9. The summed E-state index contributed by atoms with van der Waals surface area (Å²) >= 11 is 3.22. The average molecular weight is 275 g/mol. The van der Waals surface area contributed by atoms with E-state index < -0.39 is 6.10 Å². The summed E-state index contributed by atoms with van der Waals surface area (Å²) in [5.74, 6) is -0.122. The van der Waals surface area contributed by atoms with Crippen LogP contribution in [0.15, 0.2) is 22.7 Å². The van der Waals surface area contributed by atoms with Crippen molar-refractivity contribution in [2.75, 3.05) is 0 Å². The van der Waals surface area contributed by atoms with Crippen molar-refractivity contribution >= 4 is 15.9 Å². The highest BCUT2D eigenvalue weighted by molar-refractivity contribution is 9.10. The van der Waals surface area contributed by atoms with Crippen LogP contribution in [0.4, 0.5) is 4.39 Å². The number of benzene rings is 1. The van der Waals surface area contributed by atoms with Gasteiger partial charge in [0.05, 0.1) is 6.10 Å². The average Bonchev–Trinajstić information content (AvgIpc) is 2.18. The lowest BCUT2D eigenvalue weighted by atomic mass is 9.91. The van der Waals surface area contributed by atoms with Crippen LogP contribution in [0.5, 0.6) is 0 Å². The Morgan fingerprint density at radius 3 is 2.33 bits per heavy atom. The van der Waals surface area contributed by atoms with Gasteiger partial charge in [-0.15, -0.1) is 0 Å². The van der Waals surface area contributed by atoms with Crippen LogP contribution in [-0.2, 0) is 0 Å². The van der Waals surface area contributed by atoms with Gasteiger partial charge < -0.3 is 5.11 Å². The fourth-order valence-electron chi connectivity index (χ4n) is 1.75. The molecule has 3 heteroatoms. The first-order valence-corrected chi connectivity index (χ1v) is 6.01. The Labute approximate surface area is 98.4 Å². The molecule has 1 aromatic carbocycles. The SMILES string of the molecule is CCC(CC)C(O)c1cc(F)cc(Br)c1. The third-order valence-corrected chi connectivity index (χ3v) is 3.18. The smallest absolute Gasteiger partial charge is 0.124 e. The molecule has 84 valence electrons. The van der Waals surface area contributed by atoms with Gasteiger partial charge in [-0.2, -0.15) is 0 Å². The Hall–Kier alpha value is -0.410. The molecule has 0 fully saturated rings. The van der Waals surface area contributed by atoms with Crippen molar-refractivity contribution in [1.29, 1.82) is 0 Å². The highest BCUT2D eigenvalue weighted by Gasteiger charge is 2.18. The Bertz CT molecular complexity index is 303. The molecule has 15 heavy (non-hydrogen) atoms. The predicted octanol–water partition coefficient (Wildman–Crippen LogP) is 4.06. The fraction of sp³-hybridized carbons (Fsp3) is 0.500. The predicted molar refractivity (Wildman–Crippen MR) is 63.1 cm³/mol. The van der Waals surface area contributed by atoms with Crippen molar-refractivity contribution in [2.24, 2.45) is 5.92 Å². The van der Waals surface area contributed by atoms with Gasteiger partial charge in [-0.05, 0) is 29.7 Å². The molecule has 0 radical (unpaired) electrons. The third-order valence-electron chi connectivity index (χ3n) is 2.72. The first-order chi connectivity index (χ1) is 7.08. The van der Waals surface area contributed by atoms with Gasteiger partial charge in [0, 0.05) is 4.47 Å². The first kappa shape index (κ1) is 12.7. The molecule has 0 heterocycles. The molecule has 0 amide bonds. The number of aliphatic hydroxyl groups excluding tert-OH is 1. The third kappa shape index (κ3) is 3.28. The zero-order valence-electron chi connectivity index (χ0n) is 9.00. The summed E-state index contributed by atoms with van der Waals surface area (Å²) in [4.78, 5) is 0. The zero-order chi connectivity index (χ0) is 11.4. The summed E-state index contributed by atoms with van der Waals surface area (Å²) in [5, 5.41) is 10.0. The zero-order valence-corrected chi connectivity index (χ0v) is 10.6. The summed E-state index contributed by atoms with van der Waals surface area (Å²) in [7, 11) is 0. The topological polar surface area (TPSA) is 20.2 Å². The lowest BCUT2D eigenvalue weighted by molar-refractivity contribution is 0.103. The van der Waals surface area contributed by atoms with Crippen LogP contribution in [0, 0.1) is 11.7 Å². The molecular weight excluding hydrogens is 259 g/mol. The summed E-state index contributed by atoms with van der Waals surface area (Å²) in [6.45, 7) is 4.07. The molecule has 0 saturated carbocycles. The van der Waals surface area contributed by atoms with Gasteiger partial charge in [-0.3, -0.25) is 0 Å². The van der Waals surface area contributed by atoms with Crippen molar-refractivity contribution in [1.82, 2.24) is 0 Å². The van der Waals surface area contributed by atoms with Gasteiger partial charge in [0.25, 0.3) is 0 Å². The van der Waals surface area contributed by atoms with Crippen LogP contribution >= 0.6 is 15.9 Å². The maximum absolute atomic E-state index is 13.1. The Morgan fingerprint density at radius 1 is 1.27 bits per heavy atom. The summed E-state index contributed by atoms with van der Waals surface area (Å²) < 4.78 is 13.8. The van der Waals surface area contributed by atoms with Crippen molar-refractivity contribution < 1.29 is 9.50 Å². The maximum Gasteiger partial charge on any atom is 0.124 e. The van der Waals surface area contributed by atoms with Crippen molar-refractivity contribution in [3.63, 3.8) is 0 Å². The van der Waals surface area contributed by atoms with Crippen LogP contribution in [0.2, 0.25) is 0 Å². The van der Waals surface area contributed by atoms with Gasteiger partial charge in [-0.1, -0.05) is 42.6 Å². The Kier molecular flexibility index (Phi) is 4.74. The lowest BCUT2D eigenvalue weighted by Gasteiger charge is -2.20. The molecule has 0 aliphatic rings. The van der Waals surface area contributed by atoms with E-state index in [0.29, 0.717) is 10.0 Å². The highest BCUT2D eigenvalue weighted by Crippen LogP contribution is 2.29. The van der Waals surface area contributed by atoms with Crippen molar-refractivity contribution in [2.45, 2.75) is 32.8 Å². The second kappa shape index (κ2) is 5.61. The quantitative estimate of drug-likeness (QED) is 0.878. The summed E-state index contributed by atoms with van der Waals surface area (Å²) in [6, 6.07) is 4.56. The van der Waals surface area contributed by atoms with Gasteiger partial charge in [0.2, 0.25) is 0 Å². The van der Waals surface area contributed by atoms with Gasteiger partial charge in [0.1, 0.15) is 5.82 Å². The summed E-state index contributed by atoms with van der Waals surface area (Å²) in [5.41, 5.74) is 0.649. The molecule has 1 atom stereocenters. The first-order valence-electron chi connectivity index (χ1n) is 5.22. The Morgan fingerprint density at radius 2 is 1.87 bits per heavy atom. The number of hydrogen-bond donors (Lipinski definition) is 1. The standard InChI is InChI=1S/C12H16BrFO/c1-3-8(4-2)12(15)9-5-10(13)7-11(14)6-9/h5-8,12,15H,3-4H2,1-2H3. The molecule has 1 aromatic rings. The van der Waals surface area contributed by atoms with Crippen LogP contribution in [0.25, 0.3) is 0 Å². The van der Waals surface area contributed by atoms with E-state index in [4.69, 9.17) is 0 Å². The molecule has 1 rings (SSSR count). The molecule has 1 unspecified atom stereocenters. The van der Waals surface area contributed by atoms with Gasteiger partial charge in [-0.25, -0.2) is 4.39 Å². The minimum absolute atomic E-state index is 0.193. The minimum Gasteiger partial charge on any atom is -0.388 e. The maximum atomic E-state index is 13.1. The number of rotatable bonds is 4. The van der Waals surface area contributed by atoms with E-state index in [-0.39, 0.29) is 11.7 Å².